The number of halogens is 1. The summed E-state index contributed by atoms with van der Waals surface area (Å²) in [6.45, 7) is 7.50. The first-order valence-corrected chi connectivity index (χ1v) is 11.6. The second kappa shape index (κ2) is 12.5. The van der Waals surface area contributed by atoms with E-state index >= 15 is 0 Å². The van der Waals surface area contributed by atoms with Crippen molar-refractivity contribution in [2.75, 3.05) is 31.5 Å². The Hall–Kier alpha value is -2.38. The molecule has 0 bridgehead atoms. The number of carbonyl (C=O) groups is 2. The molecule has 168 valence electrons. The van der Waals surface area contributed by atoms with Crippen molar-refractivity contribution in [3.63, 3.8) is 0 Å². The number of benzene rings is 2. The molecule has 0 radical (unpaired) electrons. The van der Waals surface area contributed by atoms with Crippen LogP contribution in [0.2, 0.25) is 0 Å². The van der Waals surface area contributed by atoms with Gasteiger partial charge in [-0.2, -0.15) is 0 Å². The van der Waals surface area contributed by atoms with E-state index in [1.165, 1.54) is 5.56 Å². The molecule has 0 saturated carbocycles. The number of rotatable bonds is 12. The maximum absolute atomic E-state index is 12.2. The lowest BCUT2D eigenvalue weighted by atomic mass is 10.0. The highest BCUT2D eigenvalue weighted by Crippen LogP contribution is 2.29. The SMILES string of the molecule is CC[N+](CCCNC(=O)Nc1ccc(Br)cc1)(CCCC(=O)O)[C@@H](C)c1ccccc1. The van der Waals surface area contributed by atoms with Gasteiger partial charge in [0, 0.05) is 35.1 Å². The minimum Gasteiger partial charge on any atom is -0.481 e. The van der Waals surface area contributed by atoms with E-state index in [4.69, 9.17) is 5.11 Å². The Balaban J connectivity index is 1.95. The van der Waals surface area contributed by atoms with Crippen LogP contribution in [0.3, 0.4) is 0 Å². The van der Waals surface area contributed by atoms with Crippen LogP contribution in [0.25, 0.3) is 0 Å². The van der Waals surface area contributed by atoms with E-state index < -0.39 is 5.97 Å². The summed E-state index contributed by atoms with van der Waals surface area (Å²) in [6, 6.07) is 17.8. The van der Waals surface area contributed by atoms with Crippen LogP contribution >= 0.6 is 15.9 Å². The summed E-state index contributed by atoms with van der Waals surface area (Å²) in [6.07, 6.45) is 1.62. The molecule has 0 heterocycles. The van der Waals surface area contributed by atoms with Crippen LogP contribution in [0.15, 0.2) is 59.1 Å². The maximum Gasteiger partial charge on any atom is 0.319 e. The molecule has 31 heavy (non-hydrogen) atoms. The van der Waals surface area contributed by atoms with Crippen LogP contribution in [-0.2, 0) is 4.79 Å². The monoisotopic (exact) mass is 490 g/mol. The Morgan fingerprint density at radius 2 is 1.68 bits per heavy atom. The Bertz CT molecular complexity index is 830. The van der Waals surface area contributed by atoms with Gasteiger partial charge in [-0.25, -0.2) is 4.79 Å². The van der Waals surface area contributed by atoms with Gasteiger partial charge in [0.1, 0.15) is 6.04 Å². The van der Waals surface area contributed by atoms with Crippen LogP contribution in [0.1, 0.15) is 44.7 Å². The van der Waals surface area contributed by atoms with Crippen molar-refractivity contribution < 1.29 is 19.2 Å². The summed E-state index contributed by atoms with van der Waals surface area (Å²) in [5.41, 5.74) is 1.99. The summed E-state index contributed by atoms with van der Waals surface area (Å²) in [4.78, 5) is 23.2. The van der Waals surface area contributed by atoms with Crippen LogP contribution in [-0.4, -0.2) is 47.8 Å². The van der Waals surface area contributed by atoms with Gasteiger partial charge in [-0.05, 0) is 38.1 Å². The molecule has 0 aliphatic rings. The molecule has 2 rings (SSSR count). The molecular weight excluding hydrogens is 458 g/mol. The number of nitrogens with zero attached hydrogens (tertiary/aromatic N) is 1. The van der Waals surface area contributed by atoms with Crippen molar-refractivity contribution in [1.82, 2.24) is 5.32 Å². The van der Waals surface area contributed by atoms with Gasteiger partial charge in [0.15, 0.2) is 0 Å². The molecule has 0 aliphatic heterocycles. The van der Waals surface area contributed by atoms with E-state index in [9.17, 15) is 9.59 Å². The third-order valence-corrected chi connectivity index (χ3v) is 6.42. The summed E-state index contributed by atoms with van der Waals surface area (Å²) >= 11 is 3.38. The average molecular weight is 491 g/mol. The van der Waals surface area contributed by atoms with Crippen LogP contribution in [0, 0.1) is 0 Å². The maximum atomic E-state index is 12.2. The number of anilines is 1. The van der Waals surface area contributed by atoms with Crippen LogP contribution in [0.5, 0.6) is 0 Å². The number of urea groups is 1. The van der Waals surface area contributed by atoms with E-state index in [2.05, 4.69) is 52.5 Å². The number of aliphatic carboxylic acids is 1. The number of hydrogen-bond acceptors (Lipinski definition) is 2. The fraction of sp³-hybridized carbons (Fsp3) is 0.417. The number of carbonyl (C=O) groups excluding carboxylic acids is 1. The van der Waals surface area contributed by atoms with Crippen LogP contribution in [0.4, 0.5) is 10.5 Å². The molecule has 6 nitrogen and oxygen atoms in total. The molecule has 7 heteroatoms. The Morgan fingerprint density at radius 1 is 1.03 bits per heavy atom. The molecule has 2 aromatic rings. The topological polar surface area (TPSA) is 78.4 Å². The molecule has 1 unspecified atom stereocenters. The van der Waals surface area contributed by atoms with Gasteiger partial charge in [-0.3, -0.25) is 4.79 Å². The zero-order valence-electron chi connectivity index (χ0n) is 18.3. The third-order valence-electron chi connectivity index (χ3n) is 5.90. The highest BCUT2D eigenvalue weighted by molar-refractivity contribution is 9.10. The second-order valence-corrected chi connectivity index (χ2v) is 8.72. The number of nitrogens with one attached hydrogen (secondary N) is 2. The molecule has 2 atom stereocenters. The molecule has 0 aliphatic carbocycles. The second-order valence-electron chi connectivity index (χ2n) is 7.81. The van der Waals surface area contributed by atoms with Gasteiger partial charge >= 0.3 is 12.0 Å². The van der Waals surface area contributed by atoms with Crippen molar-refractivity contribution in [2.45, 2.75) is 39.2 Å². The van der Waals surface area contributed by atoms with Crippen molar-refractivity contribution in [2.24, 2.45) is 0 Å². The molecule has 0 aromatic heterocycles. The van der Waals surface area contributed by atoms with Gasteiger partial charge in [-0.15, -0.1) is 0 Å². The molecular formula is C24H33BrN3O3+. The molecule has 2 amide bonds. The number of hydrogen-bond donors (Lipinski definition) is 3. The van der Waals surface area contributed by atoms with Gasteiger partial charge in [0.25, 0.3) is 0 Å². The predicted molar refractivity (Wildman–Crippen MR) is 128 cm³/mol. The summed E-state index contributed by atoms with van der Waals surface area (Å²) in [7, 11) is 0. The van der Waals surface area contributed by atoms with Gasteiger partial charge < -0.3 is 20.2 Å². The Morgan fingerprint density at radius 3 is 2.29 bits per heavy atom. The first-order chi connectivity index (χ1) is 14.9. The lowest BCUT2D eigenvalue weighted by molar-refractivity contribution is -0.954. The Kier molecular flexibility index (Phi) is 10.0. The van der Waals surface area contributed by atoms with E-state index in [-0.39, 0.29) is 18.5 Å². The third kappa shape index (κ3) is 7.99. The standard InChI is InChI=1S/C24H32BrN3O3/c1-3-28(17-7-11-23(29)30,19(2)20-9-5-4-6-10-20)18-8-16-26-24(31)27-22-14-12-21(25)13-15-22/h4-6,9-10,12-15,19H,3,7-8,11,16-18H2,1-2H3,(H2-,26,27,29,30,31)/p+1/t19-,28?/m0/s1. The van der Waals surface area contributed by atoms with Crippen molar-refractivity contribution >= 4 is 33.6 Å². The summed E-state index contributed by atoms with van der Waals surface area (Å²) in [5.74, 6) is -0.757. The summed E-state index contributed by atoms with van der Waals surface area (Å²) in [5, 5.41) is 14.9. The molecule has 0 saturated heterocycles. The van der Waals surface area contributed by atoms with Crippen molar-refractivity contribution in [1.29, 1.82) is 0 Å². The fourth-order valence-electron chi connectivity index (χ4n) is 3.99. The Labute approximate surface area is 193 Å². The lowest BCUT2D eigenvalue weighted by Crippen LogP contribution is -2.51. The highest BCUT2D eigenvalue weighted by atomic mass is 79.9. The normalized spacial score (nSPS) is 13.8. The van der Waals surface area contributed by atoms with Crippen molar-refractivity contribution in [3.05, 3.63) is 64.6 Å². The molecule has 0 spiro atoms. The summed E-state index contributed by atoms with van der Waals surface area (Å²) < 4.78 is 1.76. The smallest absolute Gasteiger partial charge is 0.319 e. The van der Waals surface area contributed by atoms with E-state index in [0.717, 1.165) is 40.7 Å². The van der Waals surface area contributed by atoms with Gasteiger partial charge in [0.05, 0.1) is 26.1 Å². The number of amides is 2. The molecule has 3 N–H and O–H groups in total. The lowest BCUT2D eigenvalue weighted by Gasteiger charge is -2.43. The van der Waals surface area contributed by atoms with E-state index in [1.54, 1.807) is 0 Å². The molecule has 2 aromatic carbocycles. The minimum atomic E-state index is -0.757. The zero-order chi connectivity index (χ0) is 22.7. The minimum absolute atomic E-state index is 0.176. The number of carboxylic acid groups (broad SMARTS) is 1. The van der Waals surface area contributed by atoms with E-state index in [1.807, 2.05) is 42.5 Å². The van der Waals surface area contributed by atoms with Crippen molar-refractivity contribution in [3.8, 4) is 0 Å². The first kappa shape index (κ1) is 24.9. The largest absolute Gasteiger partial charge is 0.481 e. The zero-order valence-corrected chi connectivity index (χ0v) is 19.9. The predicted octanol–water partition coefficient (Wildman–Crippen LogP) is 5.42. The van der Waals surface area contributed by atoms with E-state index in [0.29, 0.717) is 13.0 Å². The average Bonchev–Trinajstić information content (AvgIpc) is 2.77. The number of carboxylic acids is 1. The van der Waals surface area contributed by atoms with Gasteiger partial charge in [-0.1, -0.05) is 46.3 Å². The number of quaternary nitrogens is 1. The van der Waals surface area contributed by atoms with Gasteiger partial charge in [0.2, 0.25) is 0 Å². The fourth-order valence-corrected chi connectivity index (χ4v) is 4.25. The van der Waals surface area contributed by atoms with Crippen LogP contribution < -0.4 is 10.6 Å². The molecule has 0 fully saturated rings. The first-order valence-electron chi connectivity index (χ1n) is 10.8. The highest BCUT2D eigenvalue weighted by Gasteiger charge is 2.32. The quantitative estimate of drug-likeness (QED) is 0.274.